The van der Waals surface area contributed by atoms with E-state index in [1.165, 1.54) is 51.6 Å². The summed E-state index contributed by atoms with van der Waals surface area (Å²) in [6.07, 6.45) is 8.45. The maximum Gasteiger partial charge on any atom is 0.0195 e. The predicted octanol–water partition coefficient (Wildman–Crippen LogP) is 3.03. The normalized spacial score (nSPS) is 24.0. The summed E-state index contributed by atoms with van der Waals surface area (Å²) < 4.78 is 0. The van der Waals surface area contributed by atoms with Crippen LogP contribution in [0.3, 0.4) is 0 Å². The summed E-state index contributed by atoms with van der Waals surface area (Å²) in [5.41, 5.74) is 0. The second-order valence-corrected chi connectivity index (χ2v) is 6.32. The van der Waals surface area contributed by atoms with Gasteiger partial charge < -0.3 is 5.32 Å². The summed E-state index contributed by atoms with van der Waals surface area (Å²) in [7, 11) is 0. The van der Waals surface area contributed by atoms with Gasteiger partial charge in [-0.25, -0.2) is 0 Å². The average molecular weight is 238 g/mol. The van der Waals surface area contributed by atoms with Crippen molar-refractivity contribution in [3.63, 3.8) is 0 Å². The summed E-state index contributed by atoms with van der Waals surface area (Å²) in [6, 6.07) is 2.33. The molecule has 100 valence electrons. The Hall–Kier alpha value is -0.0800. The molecule has 2 aliphatic carbocycles. The van der Waals surface area contributed by atoms with Crippen LogP contribution in [0, 0.1) is 5.92 Å². The third-order valence-corrected chi connectivity index (χ3v) is 4.23. The van der Waals surface area contributed by atoms with E-state index in [1.807, 2.05) is 0 Å². The minimum Gasteiger partial charge on any atom is -0.313 e. The molecule has 17 heavy (non-hydrogen) atoms. The quantitative estimate of drug-likeness (QED) is 0.664. The lowest BCUT2D eigenvalue weighted by Crippen LogP contribution is -2.44. The second-order valence-electron chi connectivity index (χ2n) is 6.32. The molecule has 0 aromatic rings. The molecule has 0 aromatic carbocycles. The zero-order chi connectivity index (χ0) is 12.3. The van der Waals surface area contributed by atoms with Crippen molar-refractivity contribution in [2.75, 3.05) is 13.1 Å². The van der Waals surface area contributed by atoms with E-state index < -0.39 is 0 Å². The summed E-state index contributed by atoms with van der Waals surface area (Å²) in [4.78, 5) is 2.78. The first-order valence-corrected chi connectivity index (χ1v) is 7.69. The van der Waals surface area contributed by atoms with Crippen LogP contribution >= 0.6 is 0 Å². The molecule has 0 amide bonds. The first-order valence-electron chi connectivity index (χ1n) is 7.69. The fraction of sp³-hybridized carbons (Fsp3) is 1.00. The molecule has 2 saturated carbocycles. The van der Waals surface area contributed by atoms with E-state index in [4.69, 9.17) is 0 Å². The van der Waals surface area contributed by atoms with E-state index in [-0.39, 0.29) is 0 Å². The van der Waals surface area contributed by atoms with Gasteiger partial charge in [-0.05, 0) is 51.9 Å². The summed E-state index contributed by atoms with van der Waals surface area (Å²) >= 11 is 0. The van der Waals surface area contributed by atoms with Gasteiger partial charge in [-0.15, -0.1) is 0 Å². The molecule has 0 heterocycles. The predicted molar refractivity (Wildman–Crippen MR) is 74.3 cm³/mol. The van der Waals surface area contributed by atoms with Crippen molar-refractivity contribution in [3.05, 3.63) is 0 Å². The Kier molecular flexibility index (Phi) is 4.87. The minimum absolute atomic E-state index is 0.685. The molecule has 0 aliphatic heterocycles. The maximum atomic E-state index is 3.70. The smallest absolute Gasteiger partial charge is 0.0195 e. The Labute approximate surface area is 107 Å². The van der Waals surface area contributed by atoms with Crippen molar-refractivity contribution in [2.24, 2.45) is 5.92 Å². The average Bonchev–Trinajstić information content (AvgIpc) is 3.15. The molecule has 0 bridgehead atoms. The molecule has 1 N–H and O–H groups in total. The zero-order valence-corrected chi connectivity index (χ0v) is 11.9. The lowest BCUT2D eigenvalue weighted by molar-refractivity contribution is 0.182. The van der Waals surface area contributed by atoms with Gasteiger partial charge in [0.05, 0.1) is 0 Å². The van der Waals surface area contributed by atoms with E-state index in [2.05, 4.69) is 31.0 Å². The van der Waals surface area contributed by atoms with Gasteiger partial charge in [0.25, 0.3) is 0 Å². The highest BCUT2D eigenvalue weighted by molar-refractivity contribution is 4.91. The van der Waals surface area contributed by atoms with E-state index in [0.717, 1.165) is 18.0 Å². The van der Waals surface area contributed by atoms with E-state index in [9.17, 15) is 0 Å². The van der Waals surface area contributed by atoms with E-state index >= 15 is 0 Å². The van der Waals surface area contributed by atoms with E-state index in [0.29, 0.717) is 6.04 Å². The van der Waals surface area contributed by atoms with Crippen molar-refractivity contribution >= 4 is 0 Å². The second kappa shape index (κ2) is 6.19. The molecule has 2 heteroatoms. The number of hydrogen-bond donors (Lipinski definition) is 1. The molecule has 0 saturated heterocycles. The highest BCUT2D eigenvalue weighted by Crippen LogP contribution is 2.35. The molecule has 2 unspecified atom stereocenters. The Bertz CT molecular complexity index is 221. The number of nitrogens with one attached hydrogen (secondary N) is 1. The van der Waals surface area contributed by atoms with Crippen LogP contribution in [0.2, 0.25) is 0 Å². The van der Waals surface area contributed by atoms with Gasteiger partial charge in [0.15, 0.2) is 0 Å². The standard InChI is InChI=1S/C15H30N2/c1-4-5-12(2)16-10-13(3)17(15-8-9-15)11-14-6-7-14/h12-16H,4-11H2,1-3H3. The fourth-order valence-electron chi connectivity index (χ4n) is 2.72. The van der Waals surface area contributed by atoms with Crippen molar-refractivity contribution in [3.8, 4) is 0 Å². The number of hydrogen-bond acceptors (Lipinski definition) is 2. The van der Waals surface area contributed by atoms with Crippen LogP contribution in [0.1, 0.15) is 59.3 Å². The summed E-state index contributed by atoms with van der Waals surface area (Å²) in [6.45, 7) is 9.54. The highest BCUT2D eigenvalue weighted by Gasteiger charge is 2.35. The molecule has 2 aliphatic rings. The summed E-state index contributed by atoms with van der Waals surface area (Å²) in [5, 5.41) is 3.70. The maximum absolute atomic E-state index is 3.70. The molecule has 0 spiro atoms. The molecule has 2 nitrogen and oxygen atoms in total. The van der Waals surface area contributed by atoms with Crippen molar-refractivity contribution < 1.29 is 0 Å². The lowest BCUT2D eigenvalue weighted by atomic mass is 10.1. The number of nitrogens with zero attached hydrogens (tertiary/aromatic N) is 1. The van der Waals surface area contributed by atoms with Gasteiger partial charge in [0.2, 0.25) is 0 Å². The van der Waals surface area contributed by atoms with Gasteiger partial charge in [-0.1, -0.05) is 13.3 Å². The van der Waals surface area contributed by atoms with Crippen LogP contribution < -0.4 is 5.32 Å². The highest BCUT2D eigenvalue weighted by atomic mass is 15.2. The topological polar surface area (TPSA) is 15.3 Å². The molecule has 0 radical (unpaired) electrons. The van der Waals surface area contributed by atoms with Gasteiger partial charge in [0, 0.05) is 31.2 Å². The first kappa shape index (κ1) is 13.4. The largest absolute Gasteiger partial charge is 0.313 e. The third-order valence-electron chi connectivity index (χ3n) is 4.23. The molecule has 2 fully saturated rings. The Morgan fingerprint density at radius 3 is 2.41 bits per heavy atom. The van der Waals surface area contributed by atoms with Crippen LogP contribution in [-0.4, -0.2) is 36.1 Å². The van der Waals surface area contributed by atoms with Crippen molar-refractivity contribution in [1.29, 1.82) is 0 Å². The first-order chi connectivity index (χ1) is 8.20. The van der Waals surface area contributed by atoms with E-state index in [1.54, 1.807) is 0 Å². The lowest BCUT2D eigenvalue weighted by Gasteiger charge is -2.30. The third kappa shape index (κ3) is 4.59. The van der Waals surface area contributed by atoms with Crippen LogP contribution in [0.4, 0.5) is 0 Å². The van der Waals surface area contributed by atoms with Crippen LogP contribution in [0.15, 0.2) is 0 Å². The van der Waals surface area contributed by atoms with Crippen LogP contribution in [-0.2, 0) is 0 Å². The molecule has 2 atom stereocenters. The minimum atomic E-state index is 0.685. The fourth-order valence-corrected chi connectivity index (χ4v) is 2.72. The Morgan fingerprint density at radius 2 is 1.88 bits per heavy atom. The van der Waals surface area contributed by atoms with Crippen LogP contribution in [0.25, 0.3) is 0 Å². The van der Waals surface area contributed by atoms with Gasteiger partial charge in [0.1, 0.15) is 0 Å². The van der Waals surface area contributed by atoms with Gasteiger partial charge in [-0.3, -0.25) is 4.90 Å². The SMILES string of the molecule is CCCC(C)NCC(C)N(CC1CC1)C1CC1. The Balaban J connectivity index is 1.69. The van der Waals surface area contributed by atoms with Gasteiger partial charge >= 0.3 is 0 Å². The zero-order valence-electron chi connectivity index (χ0n) is 11.9. The summed E-state index contributed by atoms with van der Waals surface area (Å²) in [5.74, 6) is 1.03. The Morgan fingerprint density at radius 1 is 1.18 bits per heavy atom. The van der Waals surface area contributed by atoms with Crippen molar-refractivity contribution in [1.82, 2.24) is 10.2 Å². The molecular formula is C15H30N2. The van der Waals surface area contributed by atoms with Gasteiger partial charge in [-0.2, -0.15) is 0 Å². The monoisotopic (exact) mass is 238 g/mol. The molecular weight excluding hydrogens is 208 g/mol. The molecule has 2 rings (SSSR count). The molecule has 0 aromatic heterocycles. The number of rotatable bonds is 9. The van der Waals surface area contributed by atoms with Crippen LogP contribution in [0.5, 0.6) is 0 Å². The van der Waals surface area contributed by atoms with Crippen molar-refractivity contribution in [2.45, 2.75) is 77.4 Å².